The van der Waals surface area contributed by atoms with Crippen molar-refractivity contribution in [1.29, 1.82) is 0 Å². The zero-order valence-electron chi connectivity index (χ0n) is 21.9. The molecule has 6 rings (SSSR count). The van der Waals surface area contributed by atoms with Crippen LogP contribution in [0.3, 0.4) is 0 Å². The Morgan fingerprint density at radius 3 is 2.60 bits per heavy atom. The molecule has 0 aliphatic heterocycles. The SMILES string of the molecule is Cc1nn2cnncc2c1C(=O)N[C@@H](C)c1nc2cccc(C#Cc3ccn(C)n3)c2c(=O)n1-c1ccccc1. The second-order valence-electron chi connectivity index (χ2n) is 9.23. The number of benzene rings is 2. The molecular formula is C29H23N9O2. The van der Waals surface area contributed by atoms with Gasteiger partial charge in [0, 0.05) is 18.8 Å². The minimum absolute atomic E-state index is 0.291. The van der Waals surface area contributed by atoms with Crippen LogP contribution in [-0.4, -0.2) is 45.1 Å². The Morgan fingerprint density at radius 2 is 1.82 bits per heavy atom. The molecule has 1 amide bonds. The summed E-state index contributed by atoms with van der Waals surface area (Å²) < 4.78 is 4.69. The van der Waals surface area contributed by atoms with Gasteiger partial charge in [-0.1, -0.05) is 30.2 Å². The van der Waals surface area contributed by atoms with Gasteiger partial charge in [-0.05, 0) is 50.1 Å². The Morgan fingerprint density at radius 1 is 1.00 bits per heavy atom. The first kappa shape index (κ1) is 24.7. The van der Waals surface area contributed by atoms with Gasteiger partial charge in [0.15, 0.2) is 0 Å². The molecule has 0 saturated heterocycles. The van der Waals surface area contributed by atoms with E-state index in [1.807, 2.05) is 37.4 Å². The minimum Gasteiger partial charge on any atom is -0.342 e. The van der Waals surface area contributed by atoms with E-state index in [0.29, 0.717) is 50.4 Å². The maximum Gasteiger partial charge on any atom is 0.267 e. The number of rotatable bonds is 4. The van der Waals surface area contributed by atoms with Crippen LogP contribution in [0.2, 0.25) is 0 Å². The van der Waals surface area contributed by atoms with Gasteiger partial charge in [0.25, 0.3) is 11.5 Å². The summed E-state index contributed by atoms with van der Waals surface area (Å²) in [7, 11) is 1.82. The highest BCUT2D eigenvalue weighted by molar-refractivity contribution is 6.02. The van der Waals surface area contributed by atoms with E-state index in [1.54, 1.807) is 49.0 Å². The van der Waals surface area contributed by atoms with Crippen molar-refractivity contribution in [2.45, 2.75) is 19.9 Å². The highest BCUT2D eigenvalue weighted by atomic mass is 16.2. The van der Waals surface area contributed by atoms with Crippen LogP contribution in [0.15, 0.2) is 78.1 Å². The van der Waals surface area contributed by atoms with Crippen LogP contribution in [0.5, 0.6) is 0 Å². The minimum atomic E-state index is -0.641. The lowest BCUT2D eigenvalue weighted by Crippen LogP contribution is -2.33. The fourth-order valence-corrected chi connectivity index (χ4v) is 4.64. The van der Waals surface area contributed by atoms with Crippen LogP contribution in [0.1, 0.15) is 46.1 Å². The van der Waals surface area contributed by atoms with Gasteiger partial charge in [-0.25, -0.2) is 9.50 Å². The van der Waals surface area contributed by atoms with Crippen LogP contribution in [0.4, 0.5) is 0 Å². The van der Waals surface area contributed by atoms with Crippen molar-refractivity contribution in [1.82, 2.24) is 44.5 Å². The molecule has 11 heteroatoms. The topological polar surface area (TPSA) is 125 Å². The van der Waals surface area contributed by atoms with Gasteiger partial charge in [-0.2, -0.15) is 15.3 Å². The zero-order valence-corrected chi connectivity index (χ0v) is 21.9. The van der Waals surface area contributed by atoms with Gasteiger partial charge < -0.3 is 5.32 Å². The quantitative estimate of drug-likeness (QED) is 0.348. The molecule has 0 fully saturated rings. The molecule has 0 saturated carbocycles. The lowest BCUT2D eigenvalue weighted by molar-refractivity contribution is 0.0939. The van der Waals surface area contributed by atoms with Crippen molar-refractivity contribution >= 4 is 22.3 Å². The molecule has 40 heavy (non-hydrogen) atoms. The number of carbonyl (C=O) groups excluding carboxylic acids is 1. The number of carbonyl (C=O) groups is 1. The predicted octanol–water partition coefficient (Wildman–Crippen LogP) is 2.76. The third-order valence-corrected chi connectivity index (χ3v) is 6.47. The lowest BCUT2D eigenvalue weighted by Gasteiger charge is -2.20. The van der Waals surface area contributed by atoms with Gasteiger partial charge in [0.05, 0.1) is 40.1 Å². The Labute approximate surface area is 228 Å². The molecule has 4 aromatic heterocycles. The number of fused-ring (bicyclic) bond motifs is 2. The zero-order chi connectivity index (χ0) is 27.8. The van der Waals surface area contributed by atoms with Crippen molar-refractivity contribution in [3.05, 3.63) is 112 Å². The van der Waals surface area contributed by atoms with E-state index in [2.05, 4.69) is 37.6 Å². The second kappa shape index (κ2) is 9.92. The molecule has 4 heterocycles. The van der Waals surface area contributed by atoms with Gasteiger partial charge >= 0.3 is 0 Å². The number of amides is 1. The summed E-state index contributed by atoms with van der Waals surface area (Å²) >= 11 is 0. The highest BCUT2D eigenvalue weighted by Gasteiger charge is 2.24. The summed E-state index contributed by atoms with van der Waals surface area (Å²) in [6.45, 7) is 3.53. The Kier molecular flexibility index (Phi) is 6.12. The maximum absolute atomic E-state index is 14.1. The van der Waals surface area contributed by atoms with Gasteiger partial charge in [0.1, 0.15) is 23.4 Å². The number of nitrogens with one attached hydrogen (secondary N) is 1. The Hall–Kier alpha value is -5.63. The largest absolute Gasteiger partial charge is 0.342 e. The molecule has 11 nitrogen and oxygen atoms in total. The summed E-state index contributed by atoms with van der Waals surface area (Å²) in [5.74, 6) is 6.13. The fraction of sp³-hybridized carbons (Fsp3) is 0.138. The predicted molar refractivity (Wildman–Crippen MR) is 148 cm³/mol. The van der Waals surface area contributed by atoms with E-state index in [9.17, 15) is 9.59 Å². The molecule has 0 bridgehead atoms. The van der Waals surface area contributed by atoms with Gasteiger partial charge in [-0.15, -0.1) is 5.10 Å². The molecule has 0 aliphatic rings. The monoisotopic (exact) mass is 529 g/mol. The number of nitrogens with zero attached hydrogens (tertiary/aromatic N) is 8. The summed E-state index contributed by atoms with van der Waals surface area (Å²) in [6, 6.07) is 15.7. The smallest absolute Gasteiger partial charge is 0.267 e. The van der Waals surface area contributed by atoms with Crippen LogP contribution in [0, 0.1) is 18.8 Å². The van der Waals surface area contributed by atoms with Crippen LogP contribution in [0.25, 0.3) is 22.1 Å². The lowest BCUT2D eigenvalue weighted by atomic mass is 10.1. The molecule has 1 N–H and O–H groups in total. The van der Waals surface area contributed by atoms with Gasteiger partial charge in [0.2, 0.25) is 0 Å². The maximum atomic E-state index is 14.1. The molecule has 0 aliphatic carbocycles. The normalized spacial score (nSPS) is 11.8. The van der Waals surface area contributed by atoms with Crippen LogP contribution >= 0.6 is 0 Å². The molecule has 6 aromatic rings. The molecule has 0 unspecified atom stereocenters. The van der Waals surface area contributed by atoms with Crippen molar-refractivity contribution in [2.75, 3.05) is 0 Å². The molecular weight excluding hydrogens is 506 g/mol. The number of para-hydroxylation sites is 1. The summed E-state index contributed by atoms with van der Waals surface area (Å²) in [4.78, 5) is 32.4. The van der Waals surface area contributed by atoms with E-state index in [-0.39, 0.29) is 11.5 Å². The molecule has 196 valence electrons. The van der Waals surface area contributed by atoms with Gasteiger partial charge in [-0.3, -0.25) is 18.8 Å². The third kappa shape index (κ3) is 4.37. The van der Waals surface area contributed by atoms with Crippen LogP contribution in [-0.2, 0) is 7.05 Å². The summed E-state index contributed by atoms with van der Waals surface area (Å²) in [6.07, 6.45) is 4.73. The van der Waals surface area contributed by atoms with Crippen LogP contribution < -0.4 is 10.9 Å². The number of hydrogen-bond acceptors (Lipinski definition) is 7. The first-order chi connectivity index (χ1) is 19.4. The first-order valence-electron chi connectivity index (χ1n) is 12.5. The molecule has 0 spiro atoms. The van der Waals surface area contributed by atoms with E-state index < -0.39 is 6.04 Å². The van der Waals surface area contributed by atoms with Crippen molar-refractivity contribution in [2.24, 2.45) is 7.05 Å². The fourth-order valence-electron chi connectivity index (χ4n) is 4.64. The molecule has 0 radical (unpaired) electrons. The van der Waals surface area contributed by atoms with E-state index in [1.165, 1.54) is 21.6 Å². The number of aryl methyl sites for hydroxylation is 2. The Bertz CT molecular complexity index is 2030. The summed E-state index contributed by atoms with van der Waals surface area (Å²) in [5, 5.41) is 19.7. The Balaban J connectivity index is 1.48. The highest BCUT2D eigenvalue weighted by Crippen LogP contribution is 2.21. The standard InChI is InChI=1S/C29H23N9O2/c1-18-25(24-16-30-31-17-37(24)34-18)28(39)32-19(2)27-33-23-11-7-8-20(12-13-21-14-15-36(3)35-21)26(23)29(40)38(27)22-9-5-4-6-10-22/h4-11,14-17,19H,1-3H3,(H,32,39)/t19-/m0/s1. The van der Waals surface area contributed by atoms with E-state index >= 15 is 0 Å². The third-order valence-electron chi connectivity index (χ3n) is 6.47. The summed E-state index contributed by atoms with van der Waals surface area (Å²) in [5.41, 5.74) is 3.37. The average molecular weight is 530 g/mol. The first-order valence-corrected chi connectivity index (χ1v) is 12.5. The average Bonchev–Trinajstić information content (AvgIpc) is 3.53. The van der Waals surface area contributed by atoms with Crippen molar-refractivity contribution in [3.63, 3.8) is 0 Å². The van der Waals surface area contributed by atoms with E-state index in [0.717, 1.165) is 0 Å². The molecule has 2 aromatic carbocycles. The number of hydrogen-bond donors (Lipinski definition) is 1. The molecule has 1 atom stereocenters. The van der Waals surface area contributed by atoms with E-state index in [4.69, 9.17) is 4.98 Å². The van der Waals surface area contributed by atoms with Crippen molar-refractivity contribution < 1.29 is 4.79 Å². The number of aromatic nitrogens is 8. The van der Waals surface area contributed by atoms with Crippen molar-refractivity contribution in [3.8, 4) is 17.5 Å². The second-order valence-corrected chi connectivity index (χ2v) is 9.23.